The van der Waals surface area contributed by atoms with E-state index in [-0.39, 0.29) is 0 Å². The average Bonchev–Trinajstić information content (AvgIpc) is 3.28. The van der Waals surface area contributed by atoms with Crippen LogP contribution >= 0.6 is 0 Å². The lowest BCUT2D eigenvalue weighted by atomic mass is 9.73. The number of rotatable bonds is 2. The number of fused-ring (bicyclic) bond motifs is 8. The molecule has 3 aliphatic carbocycles. The maximum absolute atomic E-state index is 4.58. The summed E-state index contributed by atoms with van der Waals surface area (Å²) >= 11 is 0. The highest BCUT2D eigenvalue weighted by Crippen LogP contribution is 2.43. The fraction of sp³-hybridized carbons (Fsp3) is 0.219. The van der Waals surface area contributed by atoms with Crippen LogP contribution in [-0.4, -0.2) is 4.98 Å². The Labute approximate surface area is 202 Å². The lowest BCUT2D eigenvalue weighted by molar-refractivity contribution is 0.656. The third-order valence-electron chi connectivity index (χ3n) is 7.40. The molecule has 3 heterocycles. The molecule has 0 saturated carbocycles. The van der Waals surface area contributed by atoms with Gasteiger partial charge in [-0.1, -0.05) is 60.7 Å². The van der Waals surface area contributed by atoms with E-state index < -0.39 is 0 Å². The van der Waals surface area contributed by atoms with Crippen molar-refractivity contribution in [2.45, 2.75) is 44.4 Å². The zero-order valence-corrected chi connectivity index (χ0v) is 19.5. The molecule has 1 unspecified atom stereocenters. The van der Waals surface area contributed by atoms with Crippen LogP contribution in [0.4, 0.5) is 0 Å². The van der Waals surface area contributed by atoms with Crippen LogP contribution in [0.2, 0.25) is 0 Å². The van der Waals surface area contributed by atoms with Gasteiger partial charge in [0, 0.05) is 23.8 Å². The van der Waals surface area contributed by atoms with Crippen LogP contribution in [0, 0.1) is 0 Å². The summed E-state index contributed by atoms with van der Waals surface area (Å²) < 4.78 is 0. The van der Waals surface area contributed by atoms with Gasteiger partial charge in [-0.25, -0.2) is 0 Å². The number of hydrogen-bond acceptors (Lipinski definition) is 2. The molecule has 3 aromatic rings. The monoisotopic (exact) mass is 442 g/mol. The van der Waals surface area contributed by atoms with Gasteiger partial charge in [-0.2, -0.15) is 0 Å². The molecule has 2 aliphatic heterocycles. The molecular formula is C32H30N2. The molecule has 0 amide bonds. The van der Waals surface area contributed by atoms with Crippen molar-refractivity contribution in [1.82, 2.24) is 10.3 Å². The van der Waals surface area contributed by atoms with E-state index in [0.29, 0.717) is 5.92 Å². The van der Waals surface area contributed by atoms with Gasteiger partial charge in [0.05, 0.1) is 0 Å². The van der Waals surface area contributed by atoms with Gasteiger partial charge < -0.3 is 5.32 Å². The fourth-order valence-corrected chi connectivity index (χ4v) is 5.66. The topological polar surface area (TPSA) is 24.9 Å². The maximum atomic E-state index is 4.58. The van der Waals surface area contributed by atoms with Gasteiger partial charge in [0.2, 0.25) is 0 Å². The first-order valence-corrected chi connectivity index (χ1v) is 12.5. The van der Waals surface area contributed by atoms with E-state index >= 15 is 0 Å². The van der Waals surface area contributed by atoms with Gasteiger partial charge >= 0.3 is 0 Å². The Morgan fingerprint density at radius 1 is 0.824 bits per heavy atom. The molecule has 2 heteroatoms. The van der Waals surface area contributed by atoms with Crippen molar-refractivity contribution in [2.75, 3.05) is 0 Å². The second-order valence-corrected chi connectivity index (χ2v) is 9.53. The molecule has 1 aromatic heterocycles. The Hall–Kier alpha value is -3.65. The molecule has 5 aliphatic rings. The summed E-state index contributed by atoms with van der Waals surface area (Å²) in [6, 6.07) is 19.8. The predicted octanol–water partition coefficient (Wildman–Crippen LogP) is 7.30. The normalized spacial score (nSPS) is 18.8. The van der Waals surface area contributed by atoms with Crippen LogP contribution < -0.4 is 5.32 Å². The van der Waals surface area contributed by atoms with Crippen molar-refractivity contribution in [3.63, 3.8) is 0 Å². The first-order valence-electron chi connectivity index (χ1n) is 12.5. The van der Waals surface area contributed by atoms with Gasteiger partial charge in [-0.05, 0) is 108 Å². The van der Waals surface area contributed by atoms with Crippen molar-refractivity contribution in [3.05, 3.63) is 131 Å². The molecule has 0 saturated heterocycles. The quantitative estimate of drug-likeness (QED) is 0.450. The number of nitrogens with zero attached hydrogens (tertiary/aromatic N) is 1. The predicted molar refractivity (Wildman–Crippen MR) is 141 cm³/mol. The second kappa shape index (κ2) is 9.30. The largest absolute Gasteiger partial charge is 0.365 e. The lowest BCUT2D eigenvalue weighted by Gasteiger charge is -2.31. The van der Waals surface area contributed by atoms with Crippen molar-refractivity contribution in [3.8, 4) is 11.1 Å². The van der Waals surface area contributed by atoms with Crippen LogP contribution in [0.3, 0.4) is 0 Å². The summed E-state index contributed by atoms with van der Waals surface area (Å²) in [5.41, 5.74) is 12.9. The van der Waals surface area contributed by atoms with E-state index in [0.717, 1.165) is 19.3 Å². The molecule has 0 radical (unpaired) electrons. The Bertz CT molecular complexity index is 1320. The Morgan fingerprint density at radius 2 is 1.76 bits per heavy atom. The first kappa shape index (κ1) is 20.9. The maximum Gasteiger partial charge on any atom is 0.0409 e. The number of allylic oxidation sites excluding steroid dienone is 6. The van der Waals surface area contributed by atoms with Gasteiger partial charge in [0.1, 0.15) is 0 Å². The summed E-state index contributed by atoms with van der Waals surface area (Å²) in [4.78, 5) is 4.58. The average molecular weight is 443 g/mol. The van der Waals surface area contributed by atoms with Crippen LogP contribution in [0.5, 0.6) is 0 Å². The molecule has 8 rings (SSSR count). The van der Waals surface area contributed by atoms with Crippen LogP contribution in [0.15, 0.2) is 103 Å². The van der Waals surface area contributed by atoms with E-state index in [4.69, 9.17) is 0 Å². The Morgan fingerprint density at radius 3 is 2.65 bits per heavy atom. The fourth-order valence-electron chi connectivity index (χ4n) is 5.66. The van der Waals surface area contributed by atoms with Crippen LogP contribution in [-0.2, 0) is 19.3 Å². The van der Waals surface area contributed by atoms with E-state index in [1.165, 1.54) is 58.5 Å². The highest BCUT2D eigenvalue weighted by atomic mass is 14.9. The number of hydrogen-bond donors (Lipinski definition) is 1. The summed E-state index contributed by atoms with van der Waals surface area (Å²) in [6.45, 7) is 0. The molecule has 1 N–H and O–H groups in total. The Kier molecular flexibility index (Phi) is 5.73. The van der Waals surface area contributed by atoms with Crippen molar-refractivity contribution in [2.24, 2.45) is 0 Å². The van der Waals surface area contributed by atoms with Crippen LogP contribution in [0.1, 0.15) is 53.1 Å². The molecular weight excluding hydrogens is 412 g/mol. The van der Waals surface area contributed by atoms with E-state index in [9.17, 15) is 0 Å². The highest BCUT2D eigenvalue weighted by molar-refractivity contribution is 5.78. The Balaban J connectivity index is 0.000000202. The van der Waals surface area contributed by atoms with Crippen LogP contribution in [0.25, 0.3) is 17.2 Å². The van der Waals surface area contributed by atoms with Crippen molar-refractivity contribution in [1.29, 1.82) is 0 Å². The number of nitrogens with one attached hydrogen (secondary N) is 1. The van der Waals surface area contributed by atoms with E-state index in [1.54, 1.807) is 11.1 Å². The standard InChI is InChI=1S/C24H21N.C8H9N/c1-2-9-20-17(7-1)12-13-23-22-11-4-3-10-21(22)18(16-24(20)23)15-19-8-5-6-14-25-19;1-3-8-4-2-7(1)5-6-9-8/h1,3-8,10-14,18H,2,9,15-16H2;1,3,5-6,9H,2,4H2. The highest BCUT2D eigenvalue weighted by Gasteiger charge is 2.27. The molecule has 2 bridgehead atoms. The minimum Gasteiger partial charge on any atom is -0.365 e. The van der Waals surface area contributed by atoms with Gasteiger partial charge in [-0.3, -0.25) is 4.98 Å². The van der Waals surface area contributed by atoms with Gasteiger partial charge in [-0.15, -0.1) is 0 Å². The molecule has 168 valence electrons. The summed E-state index contributed by atoms with van der Waals surface area (Å²) in [6.07, 6.45) is 21.8. The number of pyridine rings is 1. The molecule has 2 nitrogen and oxygen atoms in total. The third-order valence-corrected chi connectivity index (χ3v) is 7.40. The second-order valence-electron chi connectivity index (χ2n) is 9.53. The molecule has 2 aromatic carbocycles. The molecule has 1 atom stereocenters. The third kappa shape index (κ3) is 4.17. The zero-order chi connectivity index (χ0) is 22.7. The SMILES string of the molecule is C1=CC2=CC=C(CC2)N1.C1=Cc2ccc3c(c2CC1)CC(Cc1ccccn1)c1ccccc1-3. The van der Waals surface area contributed by atoms with E-state index in [1.807, 2.05) is 18.5 Å². The summed E-state index contributed by atoms with van der Waals surface area (Å²) in [5.74, 6) is 0.510. The molecule has 0 spiro atoms. The number of aromatic nitrogens is 1. The summed E-state index contributed by atoms with van der Waals surface area (Å²) in [5, 5.41) is 3.20. The van der Waals surface area contributed by atoms with Gasteiger partial charge in [0.15, 0.2) is 0 Å². The van der Waals surface area contributed by atoms with Gasteiger partial charge in [0.25, 0.3) is 0 Å². The minimum atomic E-state index is 0.510. The van der Waals surface area contributed by atoms with E-state index in [2.05, 4.69) is 89.2 Å². The van der Waals surface area contributed by atoms with Crippen molar-refractivity contribution >= 4 is 6.08 Å². The minimum absolute atomic E-state index is 0.510. The van der Waals surface area contributed by atoms with Crippen molar-refractivity contribution < 1.29 is 0 Å². The first-order chi connectivity index (χ1) is 16.8. The molecule has 0 fully saturated rings. The zero-order valence-electron chi connectivity index (χ0n) is 19.5. The lowest BCUT2D eigenvalue weighted by Crippen LogP contribution is -2.17. The number of benzene rings is 2. The molecule has 34 heavy (non-hydrogen) atoms. The summed E-state index contributed by atoms with van der Waals surface area (Å²) in [7, 11) is 0. The smallest absolute Gasteiger partial charge is 0.0409 e.